The summed E-state index contributed by atoms with van der Waals surface area (Å²) >= 11 is 0. The van der Waals surface area contributed by atoms with Crippen molar-refractivity contribution in [2.45, 2.75) is 25.8 Å². The second kappa shape index (κ2) is 6.06. The van der Waals surface area contributed by atoms with E-state index in [4.69, 9.17) is 4.74 Å². The van der Waals surface area contributed by atoms with Crippen LogP contribution in [0.25, 0.3) is 0 Å². The van der Waals surface area contributed by atoms with Crippen molar-refractivity contribution in [1.29, 1.82) is 0 Å². The molecule has 124 valence electrons. The monoisotopic (exact) mass is 319 g/mol. The molecule has 1 aliphatic heterocycles. The Morgan fingerprint density at radius 3 is 3.09 bits per heavy atom. The van der Waals surface area contributed by atoms with Gasteiger partial charge in [-0.2, -0.15) is 0 Å². The number of ether oxygens (including phenoxy) is 1. The van der Waals surface area contributed by atoms with Gasteiger partial charge in [0.25, 0.3) is 0 Å². The highest BCUT2D eigenvalue weighted by atomic mass is 16.5. The predicted octanol–water partition coefficient (Wildman–Crippen LogP) is 1.49. The molecule has 2 fully saturated rings. The van der Waals surface area contributed by atoms with Gasteiger partial charge in [0.05, 0.1) is 12.5 Å². The van der Waals surface area contributed by atoms with Gasteiger partial charge in [0, 0.05) is 31.4 Å². The highest BCUT2D eigenvalue weighted by molar-refractivity contribution is 5.80. The Bertz CT molecular complexity index is 621. The van der Waals surface area contributed by atoms with Gasteiger partial charge in [-0.05, 0) is 24.8 Å². The van der Waals surface area contributed by atoms with Gasteiger partial charge in [-0.1, -0.05) is 12.5 Å². The van der Waals surface area contributed by atoms with Gasteiger partial charge in [-0.3, -0.25) is 4.79 Å². The molecule has 0 spiro atoms. The number of aromatic nitrogens is 1. The van der Waals surface area contributed by atoms with Crippen LogP contribution in [0.3, 0.4) is 0 Å². The highest BCUT2D eigenvalue weighted by Gasteiger charge is 2.55. The van der Waals surface area contributed by atoms with Crippen molar-refractivity contribution in [1.82, 2.24) is 15.2 Å². The fourth-order valence-corrected chi connectivity index (χ4v) is 3.82. The van der Waals surface area contributed by atoms with Crippen LogP contribution in [0.15, 0.2) is 18.3 Å². The maximum absolute atomic E-state index is 12.4. The summed E-state index contributed by atoms with van der Waals surface area (Å²) in [4.78, 5) is 29.7. The summed E-state index contributed by atoms with van der Waals surface area (Å²) in [5, 5.41) is 12.4. The molecule has 1 aliphatic carbocycles. The average molecular weight is 319 g/mol. The first-order valence-electron chi connectivity index (χ1n) is 7.81. The van der Waals surface area contributed by atoms with Crippen LogP contribution in [-0.2, 0) is 11.3 Å². The number of methoxy groups -OCH3 is 1. The van der Waals surface area contributed by atoms with Crippen molar-refractivity contribution in [3.05, 3.63) is 23.9 Å². The van der Waals surface area contributed by atoms with Crippen LogP contribution in [0.5, 0.6) is 5.88 Å². The quantitative estimate of drug-likeness (QED) is 0.877. The van der Waals surface area contributed by atoms with Crippen molar-refractivity contribution >= 4 is 12.0 Å². The number of carbonyl (C=O) groups is 2. The first-order valence-corrected chi connectivity index (χ1v) is 7.81. The van der Waals surface area contributed by atoms with E-state index in [2.05, 4.69) is 10.3 Å². The van der Waals surface area contributed by atoms with Gasteiger partial charge < -0.3 is 20.1 Å². The van der Waals surface area contributed by atoms with E-state index >= 15 is 0 Å². The van der Waals surface area contributed by atoms with Crippen molar-refractivity contribution in [2.75, 3.05) is 20.2 Å². The van der Waals surface area contributed by atoms with E-state index in [-0.39, 0.29) is 11.9 Å². The third kappa shape index (κ3) is 2.71. The minimum absolute atomic E-state index is 0.0682. The number of hydrogen-bond acceptors (Lipinski definition) is 4. The molecular weight excluding hydrogens is 298 g/mol. The minimum atomic E-state index is -0.774. The molecule has 1 aromatic heterocycles. The molecule has 2 atom stereocenters. The van der Waals surface area contributed by atoms with Crippen molar-refractivity contribution in [2.24, 2.45) is 11.3 Å². The molecule has 0 radical (unpaired) electrons. The molecule has 0 unspecified atom stereocenters. The Kier molecular flexibility index (Phi) is 4.11. The van der Waals surface area contributed by atoms with E-state index < -0.39 is 11.4 Å². The SMILES string of the molecule is COc1ncccc1CNC(=O)N1C[C@@H]2CCC[C@@]2(C(=O)O)C1. The summed E-state index contributed by atoms with van der Waals surface area (Å²) in [6.07, 6.45) is 4.10. The summed E-state index contributed by atoms with van der Waals surface area (Å²) in [5.74, 6) is -0.226. The lowest BCUT2D eigenvalue weighted by atomic mass is 9.81. The van der Waals surface area contributed by atoms with E-state index in [9.17, 15) is 14.7 Å². The topological polar surface area (TPSA) is 91.8 Å². The molecule has 2 N–H and O–H groups in total. The van der Waals surface area contributed by atoms with Crippen LogP contribution in [0.4, 0.5) is 4.79 Å². The zero-order chi connectivity index (χ0) is 16.4. The maximum Gasteiger partial charge on any atom is 0.317 e. The smallest absolute Gasteiger partial charge is 0.317 e. The second-order valence-corrected chi connectivity index (χ2v) is 6.26. The number of nitrogens with zero attached hydrogens (tertiary/aromatic N) is 2. The highest BCUT2D eigenvalue weighted by Crippen LogP contribution is 2.48. The Morgan fingerprint density at radius 1 is 1.57 bits per heavy atom. The molecule has 2 aliphatic rings. The number of pyridine rings is 1. The van der Waals surface area contributed by atoms with Gasteiger partial charge in [0.2, 0.25) is 5.88 Å². The van der Waals surface area contributed by atoms with Gasteiger partial charge in [-0.25, -0.2) is 9.78 Å². The third-order valence-corrected chi connectivity index (χ3v) is 5.06. The number of amides is 2. The summed E-state index contributed by atoms with van der Waals surface area (Å²) in [6, 6.07) is 3.39. The summed E-state index contributed by atoms with van der Waals surface area (Å²) in [7, 11) is 1.53. The summed E-state index contributed by atoms with van der Waals surface area (Å²) in [6.45, 7) is 1.11. The molecule has 1 saturated heterocycles. The number of fused-ring (bicyclic) bond motifs is 1. The van der Waals surface area contributed by atoms with Gasteiger partial charge in [0.1, 0.15) is 0 Å². The first-order chi connectivity index (χ1) is 11.1. The number of likely N-dealkylation sites (tertiary alicyclic amines) is 1. The van der Waals surface area contributed by atoms with E-state index in [1.54, 1.807) is 17.2 Å². The molecule has 3 rings (SSSR count). The Labute approximate surface area is 134 Å². The molecule has 2 amide bonds. The molecule has 0 bridgehead atoms. The maximum atomic E-state index is 12.4. The first kappa shape index (κ1) is 15.6. The zero-order valence-corrected chi connectivity index (χ0v) is 13.1. The van der Waals surface area contributed by atoms with Crippen LogP contribution < -0.4 is 10.1 Å². The zero-order valence-electron chi connectivity index (χ0n) is 13.1. The summed E-state index contributed by atoms with van der Waals surface area (Å²) < 4.78 is 5.16. The molecule has 7 nitrogen and oxygen atoms in total. The van der Waals surface area contributed by atoms with Crippen LogP contribution >= 0.6 is 0 Å². The Balaban J connectivity index is 1.63. The number of nitrogens with one attached hydrogen (secondary N) is 1. The lowest BCUT2D eigenvalue weighted by molar-refractivity contribution is -0.149. The standard InChI is InChI=1S/C16H21N3O4/c1-23-13-11(4-3-7-17-13)8-18-15(22)19-9-12-5-2-6-16(12,10-19)14(20)21/h3-4,7,12H,2,5-6,8-10H2,1H3,(H,18,22)(H,20,21)/t12-,16+/m0/s1. The van der Waals surface area contributed by atoms with Crippen molar-refractivity contribution in [3.8, 4) is 5.88 Å². The molecule has 1 aromatic rings. The minimum Gasteiger partial charge on any atom is -0.481 e. The molecule has 7 heteroatoms. The van der Waals surface area contributed by atoms with Crippen LogP contribution in [0.1, 0.15) is 24.8 Å². The van der Waals surface area contributed by atoms with E-state index in [0.717, 1.165) is 18.4 Å². The Morgan fingerprint density at radius 2 is 2.39 bits per heavy atom. The van der Waals surface area contributed by atoms with Crippen LogP contribution in [0, 0.1) is 11.3 Å². The number of urea groups is 1. The molecule has 1 saturated carbocycles. The third-order valence-electron chi connectivity index (χ3n) is 5.06. The molecular formula is C16H21N3O4. The van der Waals surface area contributed by atoms with E-state index in [1.807, 2.05) is 6.07 Å². The van der Waals surface area contributed by atoms with Crippen molar-refractivity contribution < 1.29 is 19.4 Å². The molecule has 2 heterocycles. The number of rotatable bonds is 4. The van der Waals surface area contributed by atoms with E-state index in [0.29, 0.717) is 31.9 Å². The van der Waals surface area contributed by atoms with Gasteiger partial charge in [0.15, 0.2) is 0 Å². The largest absolute Gasteiger partial charge is 0.481 e. The van der Waals surface area contributed by atoms with Crippen LogP contribution in [-0.4, -0.2) is 47.2 Å². The second-order valence-electron chi connectivity index (χ2n) is 6.26. The summed E-state index contributed by atoms with van der Waals surface area (Å²) in [5.41, 5.74) is 0.0410. The predicted molar refractivity (Wildman–Crippen MR) is 82.0 cm³/mol. The number of aliphatic carboxylic acids is 1. The fraction of sp³-hybridized carbons (Fsp3) is 0.562. The normalized spacial score (nSPS) is 26.0. The van der Waals surface area contributed by atoms with Gasteiger partial charge in [-0.15, -0.1) is 0 Å². The van der Waals surface area contributed by atoms with Gasteiger partial charge >= 0.3 is 12.0 Å². The lowest BCUT2D eigenvalue weighted by Gasteiger charge is -2.23. The average Bonchev–Trinajstić information content (AvgIpc) is 3.11. The number of hydrogen-bond donors (Lipinski definition) is 2. The Hall–Kier alpha value is -2.31. The molecule has 23 heavy (non-hydrogen) atoms. The number of carbonyl (C=O) groups excluding carboxylic acids is 1. The fourth-order valence-electron chi connectivity index (χ4n) is 3.82. The van der Waals surface area contributed by atoms with E-state index in [1.165, 1.54) is 7.11 Å². The number of carboxylic acids is 1. The number of carboxylic acid groups (broad SMARTS) is 1. The molecule has 0 aromatic carbocycles. The lowest BCUT2D eigenvalue weighted by Crippen LogP contribution is -2.41. The van der Waals surface area contributed by atoms with Crippen molar-refractivity contribution in [3.63, 3.8) is 0 Å². The van der Waals surface area contributed by atoms with Crippen LogP contribution in [0.2, 0.25) is 0 Å².